The van der Waals surface area contributed by atoms with Crippen LogP contribution in [0.25, 0.3) is 27.6 Å². The number of likely N-dealkylation sites (tertiary alicyclic amines) is 1. The standard InChI is InChI=1S/C48H53F2N11O5/c1-29-23-33(28-62)58(25-29)40-17-21-59-46(54-40)36(24-52-59)47(64)53-37-27-60(56-43(37)44(49)50)32-11-9-30(10-12-32)26-57-19-15-34(16-20-57)66-22-4-6-31-5-2-8-38-42(31)35-7-3-18-51-45(35)61(38)39-13-14-41(63)55-48(39)65/h2-3,5,7-8,17-18,21,24,27,29-30,32-34,39,44,62H,9-16,19-20,22-23,25-26,28H2,1H3,(H,53,64)(H,55,63,65)/t29-,30-,32-,33+,39?/m0/s1. The number of aromatic nitrogens is 7. The van der Waals surface area contributed by atoms with Crippen molar-refractivity contribution in [3.63, 3.8) is 0 Å². The van der Waals surface area contributed by atoms with Crippen molar-refractivity contribution in [2.24, 2.45) is 11.8 Å². The smallest absolute Gasteiger partial charge is 0.284 e. The molecule has 3 amide bonds. The van der Waals surface area contributed by atoms with E-state index < -0.39 is 24.1 Å². The lowest BCUT2D eigenvalue weighted by atomic mass is 9.85. The summed E-state index contributed by atoms with van der Waals surface area (Å²) >= 11 is 0. The number of halogens is 2. The van der Waals surface area contributed by atoms with Gasteiger partial charge in [-0.2, -0.15) is 10.2 Å². The zero-order chi connectivity index (χ0) is 45.5. The third-order valence-electron chi connectivity index (χ3n) is 13.9. The summed E-state index contributed by atoms with van der Waals surface area (Å²) in [5.74, 6) is 6.85. The van der Waals surface area contributed by atoms with Crippen molar-refractivity contribution < 1.29 is 33.0 Å². The number of amides is 3. The van der Waals surface area contributed by atoms with Crippen LogP contribution < -0.4 is 15.5 Å². The molecule has 5 aromatic heterocycles. The SMILES string of the molecule is C[C@H]1C[C@H](CO)N(c2ccn3ncc(C(=O)Nc4cn([C@H]5CC[C@H](CN6CCC(OCC#Cc7cccc8c7c7cccnc7n8C7CCC(=O)NC7=O)CC6)CC5)nc4C(F)F)c3n2)C1. The number of carbonyl (C=O) groups is 3. The van der Waals surface area contributed by atoms with Crippen LogP contribution in [0.15, 0.2) is 61.2 Å². The van der Waals surface area contributed by atoms with Crippen LogP contribution in [0.1, 0.15) is 105 Å². The second kappa shape index (κ2) is 18.5. The number of imide groups is 1. The third kappa shape index (κ3) is 8.62. The Kier molecular flexibility index (Phi) is 12.2. The Morgan fingerprint density at radius 2 is 1.88 bits per heavy atom. The molecule has 0 radical (unpaired) electrons. The molecule has 10 rings (SSSR count). The lowest BCUT2D eigenvalue weighted by molar-refractivity contribution is -0.135. The largest absolute Gasteiger partial charge is 0.394 e. The van der Waals surface area contributed by atoms with Gasteiger partial charge in [-0.05, 0) is 93.5 Å². The number of nitrogens with one attached hydrogen (secondary N) is 2. The summed E-state index contributed by atoms with van der Waals surface area (Å²) in [6, 6.07) is 10.9. The van der Waals surface area contributed by atoms with Gasteiger partial charge in [0.2, 0.25) is 11.8 Å². The lowest BCUT2D eigenvalue weighted by Crippen LogP contribution is -2.41. The van der Waals surface area contributed by atoms with E-state index in [2.05, 4.69) is 49.5 Å². The average Bonchev–Trinajstić information content (AvgIpc) is 4.12. The number of ether oxygens (including phenoxy) is 1. The van der Waals surface area contributed by atoms with E-state index in [1.807, 2.05) is 39.8 Å². The molecule has 3 atom stereocenters. The molecule has 0 spiro atoms. The second-order valence-corrected chi connectivity index (χ2v) is 18.3. The summed E-state index contributed by atoms with van der Waals surface area (Å²) in [7, 11) is 0. The van der Waals surface area contributed by atoms with Crippen LogP contribution in [0, 0.1) is 23.7 Å². The Morgan fingerprint density at radius 3 is 2.67 bits per heavy atom. The van der Waals surface area contributed by atoms with Crippen molar-refractivity contribution in [3.05, 3.63) is 78.0 Å². The van der Waals surface area contributed by atoms with E-state index in [0.717, 1.165) is 93.0 Å². The predicted octanol–water partition coefficient (Wildman–Crippen LogP) is 6.07. The number of anilines is 2. The molecule has 18 heteroatoms. The number of benzene rings is 1. The molecule has 3 saturated heterocycles. The second-order valence-electron chi connectivity index (χ2n) is 18.3. The number of fused-ring (bicyclic) bond motifs is 4. The van der Waals surface area contributed by atoms with Crippen molar-refractivity contribution in [1.29, 1.82) is 0 Å². The fraction of sp³-hybridized carbons (Fsp3) is 0.479. The molecule has 4 fully saturated rings. The molecule has 1 aliphatic carbocycles. The lowest BCUT2D eigenvalue weighted by Gasteiger charge is -2.36. The van der Waals surface area contributed by atoms with Gasteiger partial charge in [0, 0.05) is 67.5 Å². The van der Waals surface area contributed by atoms with Gasteiger partial charge >= 0.3 is 0 Å². The van der Waals surface area contributed by atoms with Crippen molar-refractivity contribution in [2.45, 2.75) is 95.4 Å². The first-order valence-electron chi connectivity index (χ1n) is 23.1. The van der Waals surface area contributed by atoms with E-state index in [0.29, 0.717) is 42.0 Å². The molecule has 6 aromatic rings. The number of hydrogen-bond donors (Lipinski definition) is 3. The van der Waals surface area contributed by atoms with Crippen LogP contribution in [0.2, 0.25) is 0 Å². The molecule has 1 aromatic carbocycles. The van der Waals surface area contributed by atoms with Gasteiger partial charge in [-0.25, -0.2) is 23.3 Å². The van der Waals surface area contributed by atoms with E-state index in [9.17, 15) is 28.3 Å². The first-order valence-corrected chi connectivity index (χ1v) is 23.1. The minimum atomic E-state index is -2.88. The number of carbonyl (C=O) groups excluding carboxylic acids is 3. The van der Waals surface area contributed by atoms with E-state index in [-0.39, 0.29) is 54.3 Å². The molecule has 1 saturated carbocycles. The molecular formula is C48H53F2N11O5. The quantitative estimate of drug-likeness (QED) is 0.102. The number of piperidine rings is 2. The minimum Gasteiger partial charge on any atom is -0.394 e. The summed E-state index contributed by atoms with van der Waals surface area (Å²) in [4.78, 5) is 52.2. The fourth-order valence-electron chi connectivity index (χ4n) is 10.6. The van der Waals surface area contributed by atoms with Crippen molar-refractivity contribution in [3.8, 4) is 11.8 Å². The molecular weight excluding hydrogens is 849 g/mol. The number of aliphatic hydroxyl groups excluding tert-OH is 1. The molecule has 344 valence electrons. The Morgan fingerprint density at radius 1 is 1.05 bits per heavy atom. The van der Waals surface area contributed by atoms with Crippen LogP contribution in [0.4, 0.5) is 20.3 Å². The molecule has 1 unspecified atom stereocenters. The van der Waals surface area contributed by atoms with Crippen LogP contribution in [0.3, 0.4) is 0 Å². The van der Waals surface area contributed by atoms with Crippen LogP contribution in [-0.4, -0.2) is 113 Å². The highest BCUT2D eigenvalue weighted by Gasteiger charge is 2.34. The highest BCUT2D eigenvalue weighted by atomic mass is 19.3. The minimum absolute atomic E-state index is 0.00714. The van der Waals surface area contributed by atoms with Crippen molar-refractivity contribution >= 4 is 56.8 Å². The van der Waals surface area contributed by atoms with E-state index in [1.165, 1.54) is 16.9 Å². The molecule has 3 N–H and O–H groups in total. The fourth-order valence-corrected chi connectivity index (χ4v) is 10.6. The normalized spacial score (nSPS) is 23.2. The first-order chi connectivity index (χ1) is 32.1. The van der Waals surface area contributed by atoms with E-state index in [4.69, 9.17) is 9.72 Å². The monoisotopic (exact) mass is 901 g/mol. The Labute approximate surface area is 379 Å². The number of nitrogens with zero attached hydrogens (tertiary/aromatic N) is 9. The van der Waals surface area contributed by atoms with Gasteiger partial charge in [-0.3, -0.25) is 24.4 Å². The Bertz CT molecular complexity index is 2850. The van der Waals surface area contributed by atoms with Gasteiger partial charge in [0.15, 0.2) is 11.3 Å². The molecule has 66 heavy (non-hydrogen) atoms. The summed E-state index contributed by atoms with van der Waals surface area (Å²) in [5.41, 5.74) is 2.33. The zero-order valence-corrected chi connectivity index (χ0v) is 36.8. The van der Waals surface area contributed by atoms with Gasteiger partial charge in [-0.15, -0.1) is 0 Å². The maximum atomic E-state index is 14.3. The summed E-state index contributed by atoms with van der Waals surface area (Å²) < 4.78 is 39.9. The van der Waals surface area contributed by atoms with Crippen LogP contribution in [0.5, 0.6) is 0 Å². The number of alkyl halides is 2. The highest BCUT2D eigenvalue weighted by Crippen LogP contribution is 2.37. The first kappa shape index (κ1) is 43.6. The Balaban J connectivity index is 0.712. The summed E-state index contributed by atoms with van der Waals surface area (Å²) in [5, 5.41) is 25.5. The number of hydrogen-bond acceptors (Lipinski definition) is 11. The third-order valence-corrected chi connectivity index (χ3v) is 13.9. The van der Waals surface area contributed by atoms with E-state index >= 15 is 0 Å². The van der Waals surface area contributed by atoms with Crippen molar-refractivity contribution in [2.75, 3.05) is 49.6 Å². The Hall–Kier alpha value is -6.29. The number of pyridine rings is 1. The van der Waals surface area contributed by atoms with Gasteiger partial charge in [0.1, 0.15) is 29.7 Å². The van der Waals surface area contributed by atoms with Crippen LogP contribution >= 0.6 is 0 Å². The highest BCUT2D eigenvalue weighted by molar-refractivity contribution is 6.11. The number of rotatable bonds is 11. The zero-order valence-electron chi connectivity index (χ0n) is 36.8. The topological polar surface area (TPSA) is 177 Å². The van der Waals surface area contributed by atoms with Gasteiger partial charge in [0.25, 0.3) is 12.3 Å². The van der Waals surface area contributed by atoms with Gasteiger partial charge in [-0.1, -0.05) is 24.8 Å². The van der Waals surface area contributed by atoms with Gasteiger partial charge < -0.3 is 29.5 Å². The van der Waals surface area contributed by atoms with E-state index in [1.54, 1.807) is 23.1 Å². The van der Waals surface area contributed by atoms with Crippen molar-refractivity contribution in [1.82, 2.24) is 44.1 Å². The maximum Gasteiger partial charge on any atom is 0.284 e. The predicted molar refractivity (Wildman–Crippen MR) is 242 cm³/mol. The average molecular weight is 902 g/mol. The summed E-state index contributed by atoms with van der Waals surface area (Å²) in [6.45, 7) is 5.95. The summed E-state index contributed by atoms with van der Waals surface area (Å²) in [6.07, 6.45) is 10.4. The number of aliphatic hydroxyl groups is 1. The van der Waals surface area contributed by atoms with Crippen LogP contribution in [-0.2, 0) is 14.3 Å². The van der Waals surface area contributed by atoms with Gasteiger partial charge in [0.05, 0.1) is 42.2 Å². The molecule has 4 aliphatic rings. The molecule has 16 nitrogen and oxygen atoms in total. The maximum absolute atomic E-state index is 14.3. The molecule has 8 heterocycles. The molecule has 0 bridgehead atoms. The molecule has 3 aliphatic heterocycles.